The Balaban J connectivity index is 1.83. The Morgan fingerprint density at radius 2 is 2.00 bits per heavy atom. The molecule has 2 rings (SSSR count). The number of benzene rings is 2. The average molecular weight is 381 g/mol. The Bertz CT molecular complexity index is 694. The molecule has 0 aliphatic heterocycles. The summed E-state index contributed by atoms with van der Waals surface area (Å²) in [4.78, 5) is 22.0. The molecule has 0 radical (unpaired) electrons. The molecular formula is C15H13BrN2O3S. The molecule has 7 heteroatoms. The van der Waals surface area contributed by atoms with E-state index < -0.39 is 4.92 Å². The van der Waals surface area contributed by atoms with Crippen molar-refractivity contribution in [2.75, 3.05) is 11.1 Å². The quantitative estimate of drug-likeness (QED) is 0.601. The predicted octanol–water partition coefficient (Wildman–Crippen LogP) is 4.23. The average Bonchev–Trinajstić information content (AvgIpc) is 2.47. The molecule has 0 bridgehead atoms. The van der Waals surface area contributed by atoms with Gasteiger partial charge in [-0.05, 0) is 23.8 Å². The van der Waals surface area contributed by atoms with Gasteiger partial charge in [-0.15, -0.1) is 11.8 Å². The largest absolute Gasteiger partial charge is 0.325 e. The lowest BCUT2D eigenvalue weighted by Crippen LogP contribution is -2.14. The third-order valence-electron chi connectivity index (χ3n) is 2.73. The van der Waals surface area contributed by atoms with Gasteiger partial charge in [0.2, 0.25) is 5.91 Å². The van der Waals surface area contributed by atoms with Gasteiger partial charge in [0.15, 0.2) is 0 Å². The van der Waals surface area contributed by atoms with Crippen molar-refractivity contribution < 1.29 is 9.72 Å². The van der Waals surface area contributed by atoms with E-state index in [0.29, 0.717) is 5.69 Å². The summed E-state index contributed by atoms with van der Waals surface area (Å²) in [6.45, 7) is 0. The third kappa shape index (κ3) is 5.16. The Morgan fingerprint density at radius 3 is 2.73 bits per heavy atom. The van der Waals surface area contributed by atoms with Gasteiger partial charge in [-0.25, -0.2) is 0 Å². The molecule has 0 unspecified atom stereocenters. The highest BCUT2D eigenvalue weighted by molar-refractivity contribution is 9.10. The maximum absolute atomic E-state index is 11.8. The van der Waals surface area contributed by atoms with Crippen molar-refractivity contribution in [1.82, 2.24) is 0 Å². The Kier molecular flexibility index (Phi) is 5.97. The molecule has 0 aliphatic carbocycles. The van der Waals surface area contributed by atoms with Crippen molar-refractivity contribution in [3.8, 4) is 0 Å². The number of rotatable bonds is 6. The number of nitrogens with zero attached hydrogens (tertiary/aromatic N) is 1. The molecule has 0 atom stereocenters. The van der Waals surface area contributed by atoms with Crippen LogP contribution in [0.2, 0.25) is 0 Å². The highest BCUT2D eigenvalue weighted by Crippen LogP contribution is 2.19. The minimum Gasteiger partial charge on any atom is -0.325 e. The molecule has 0 heterocycles. The molecule has 2 aromatic carbocycles. The summed E-state index contributed by atoms with van der Waals surface area (Å²) >= 11 is 4.89. The summed E-state index contributed by atoms with van der Waals surface area (Å²) in [7, 11) is 0. The molecule has 0 aliphatic rings. The summed E-state index contributed by atoms with van der Waals surface area (Å²) in [5.74, 6) is 0.831. The van der Waals surface area contributed by atoms with E-state index in [0.717, 1.165) is 15.8 Å². The summed E-state index contributed by atoms with van der Waals surface area (Å²) in [5, 5.41) is 13.3. The second kappa shape index (κ2) is 7.95. The Morgan fingerprint density at radius 1 is 1.23 bits per heavy atom. The summed E-state index contributed by atoms with van der Waals surface area (Å²) in [6.07, 6.45) is 0. The summed E-state index contributed by atoms with van der Waals surface area (Å²) in [6, 6.07) is 13.8. The number of hydrogen-bond donors (Lipinski definition) is 1. The number of non-ortho nitro benzene ring substituents is 1. The molecule has 5 nitrogen and oxygen atoms in total. The number of nitro benzene ring substituents is 1. The fraction of sp³-hybridized carbons (Fsp3) is 0.133. The summed E-state index contributed by atoms with van der Waals surface area (Å²) in [5.41, 5.74) is 1.52. The van der Waals surface area contributed by atoms with E-state index in [1.165, 1.54) is 23.9 Å². The maximum atomic E-state index is 11.8. The van der Waals surface area contributed by atoms with Crippen LogP contribution in [0.5, 0.6) is 0 Å². The molecule has 2 aromatic rings. The monoisotopic (exact) mass is 380 g/mol. The number of hydrogen-bond acceptors (Lipinski definition) is 4. The molecule has 0 spiro atoms. The zero-order valence-corrected chi connectivity index (χ0v) is 13.9. The first-order valence-corrected chi connectivity index (χ1v) is 8.36. The number of nitrogens with one attached hydrogen (secondary N) is 1. The highest BCUT2D eigenvalue weighted by Gasteiger charge is 2.08. The van der Waals surface area contributed by atoms with Crippen LogP contribution in [0.15, 0.2) is 53.0 Å². The number of amides is 1. The minimum atomic E-state index is -0.488. The van der Waals surface area contributed by atoms with E-state index in [9.17, 15) is 14.9 Å². The van der Waals surface area contributed by atoms with E-state index in [2.05, 4.69) is 21.2 Å². The van der Waals surface area contributed by atoms with Crippen LogP contribution in [-0.2, 0) is 10.5 Å². The van der Waals surface area contributed by atoms with Gasteiger partial charge in [-0.2, -0.15) is 0 Å². The van der Waals surface area contributed by atoms with Crippen molar-refractivity contribution in [1.29, 1.82) is 0 Å². The standard InChI is InChI=1S/C15H13BrN2O3S/c16-12-4-1-3-11(7-12)9-22-10-15(19)17-13-5-2-6-14(8-13)18(20)21/h1-8H,9-10H2,(H,17,19). The molecule has 0 saturated carbocycles. The number of thioether (sulfide) groups is 1. The normalized spacial score (nSPS) is 10.2. The van der Waals surface area contributed by atoms with Crippen molar-refractivity contribution in [2.45, 2.75) is 5.75 Å². The van der Waals surface area contributed by atoms with Crippen molar-refractivity contribution >= 4 is 45.0 Å². The summed E-state index contributed by atoms with van der Waals surface area (Å²) < 4.78 is 1.01. The fourth-order valence-electron chi connectivity index (χ4n) is 1.78. The zero-order chi connectivity index (χ0) is 15.9. The molecule has 22 heavy (non-hydrogen) atoms. The van der Waals surface area contributed by atoms with Crippen LogP contribution in [0.1, 0.15) is 5.56 Å². The predicted molar refractivity (Wildman–Crippen MR) is 92.0 cm³/mol. The number of carbonyl (C=O) groups is 1. The molecule has 0 saturated heterocycles. The lowest BCUT2D eigenvalue weighted by Gasteiger charge is -2.05. The smallest absolute Gasteiger partial charge is 0.271 e. The second-order valence-electron chi connectivity index (χ2n) is 4.48. The highest BCUT2D eigenvalue weighted by atomic mass is 79.9. The van der Waals surface area contributed by atoms with E-state index in [1.807, 2.05) is 24.3 Å². The number of nitro groups is 1. The van der Waals surface area contributed by atoms with Crippen LogP contribution in [0, 0.1) is 10.1 Å². The second-order valence-corrected chi connectivity index (χ2v) is 6.38. The molecule has 114 valence electrons. The molecule has 0 fully saturated rings. The van der Waals surface area contributed by atoms with Crippen LogP contribution in [0.4, 0.5) is 11.4 Å². The van der Waals surface area contributed by atoms with Crippen molar-refractivity contribution in [3.05, 3.63) is 68.7 Å². The molecule has 1 N–H and O–H groups in total. The van der Waals surface area contributed by atoms with Gasteiger partial charge in [0.05, 0.1) is 10.7 Å². The molecular weight excluding hydrogens is 368 g/mol. The molecule has 0 aromatic heterocycles. The zero-order valence-electron chi connectivity index (χ0n) is 11.5. The third-order valence-corrected chi connectivity index (χ3v) is 4.23. The van der Waals surface area contributed by atoms with Gasteiger partial charge in [-0.3, -0.25) is 14.9 Å². The SMILES string of the molecule is O=C(CSCc1cccc(Br)c1)Nc1cccc([N+](=O)[O-])c1. The van der Waals surface area contributed by atoms with Gasteiger partial charge in [0.25, 0.3) is 5.69 Å². The van der Waals surface area contributed by atoms with Gasteiger partial charge >= 0.3 is 0 Å². The van der Waals surface area contributed by atoms with E-state index in [-0.39, 0.29) is 17.3 Å². The topological polar surface area (TPSA) is 72.2 Å². The molecule has 1 amide bonds. The Labute approximate surface area is 140 Å². The van der Waals surface area contributed by atoms with Crippen LogP contribution in [-0.4, -0.2) is 16.6 Å². The number of carbonyl (C=O) groups excluding carboxylic acids is 1. The van der Waals surface area contributed by atoms with Gasteiger partial charge in [0.1, 0.15) is 0 Å². The van der Waals surface area contributed by atoms with E-state index in [1.54, 1.807) is 12.1 Å². The number of anilines is 1. The van der Waals surface area contributed by atoms with Crippen molar-refractivity contribution in [3.63, 3.8) is 0 Å². The van der Waals surface area contributed by atoms with E-state index in [4.69, 9.17) is 0 Å². The first-order valence-electron chi connectivity index (χ1n) is 6.41. The first kappa shape index (κ1) is 16.5. The van der Waals surface area contributed by atoms with Crippen LogP contribution < -0.4 is 5.32 Å². The Hall–Kier alpha value is -1.86. The lowest BCUT2D eigenvalue weighted by molar-refractivity contribution is -0.384. The van der Waals surface area contributed by atoms with Gasteiger partial charge in [0, 0.05) is 28.0 Å². The first-order chi connectivity index (χ1) is 10.5. The van der Waals surface area contributed by atoms with Gasteiger partial charge in [-0.1, -0.05) is 34.1 Å². The van der Waals surface area contributed by atoms with Crippen LogP contribution >= 0.6 is 27.7 Å². The van der Waals surface area contributed by atoms with Crippen LogP contribution in [0.3, 0.4) is 0 Å². The minimum absolute atomic E-state index is 0.0420. The number of halogens is 1. The van der Waals surface area contributed by atoms with Crippen LogP contribution in [0.25, 0.3) is 0 Å². The lowest BCUT2D eigenvalue weighted by atomic mass is 10.2. The van der Waals surface area contributed by atoms with Gasteiger partial charge < -0.3 is 5.32 Å². The fourth-order valence-corrected chi connectivity index (χ4v) is 3.00. The van der Waals surface area contributed by atoms with Crippen molar-refractivity contribution in [2.24, 2.45) is 0 Å². The maximum Gasteiger partial charge on any atom is 0.271 e. The van der Waals surface area contributed by atoms with E-state index >= 15 is 0 Å².